The van der Waals surface area contributed by atoms with Gasteiger partial charge in [0, 0.05) is 34.3 Å². The van der Waals surface area contributed by atoms with Gasteiger partial charge in [-0.25, -0.2) is 0 Å². The van der Waals surface area contributed by atoms with Crippen molar-refractivity contribution in [1.82, 2.24) is 0 Å². The minimum Gasteiger partial charge on any atom is -0.381 e. The van der Waals surface area contributed by atoms with Gasteiger partial charge in [-0.15, -0.1) is 0 Å². The summed E-state index contributed by atoms with van der Waals surface area (Å²) in [5.41, 5.74) is 5.98. The fourth-order valence-electron chi connectivity index (χ4n) is 3.20. The van der Waals surface area contributed by atoms with Crippen molar-refractivity contribution in [3.63, 3.8) is 0 Å². The van der Waals surface area contributed by atoms with Gasteiger partial charge in [0.15, 0.2) is 0 Å². The largest absolute Gasteiger partial charge is 0.381 e. The third kappa shape index (κ3) is 1.29. The molecule has 2 unspecified atom stereocenters. The first-order valence-electron chi connectivity index (χ1n) is 6.96. The molecule has 2 aliphatic rings. The molecule has 2 N–H and O–H groups in total. The van der Waals surface area contributed by atoms with Crippen molar-refractivity contribution in [2.75, 3.05) is 10.6 Å². The molecule has 2 heterocycles. The molecule has 2 atom stereocenters. The van der Waals surface area contributed by atoms with E-state index in [2.05, 4.69) is 64.3 Å². The topological polar surface area (TPSA) is 24.1 Å². The molecule has 98 valence electrons. The Balaban J connectivity index is 2.18. The molecule has 0 saturated carbocycles. The molecule has 2 aliphatic heterocycles. The number of fused-ring (bicyclic) bond motifs is 2. The van der Waals surface area contributed by atoms with Crippen molar-refractivity contribution in [1.29, 1.82) is 0 Å². The maximum atomic E-state index is 3.64. The van der Waals surface area contributed by atoms with Crippen LogP contribution in [0, 0.1) is 0 Å². The monoisotopic (exact) mass is 244 g/mol. The molecule has 18 heavy (non-hydrogen) atoms. The summed E-state index contributed by atoms with van der Waals surface area (Å²) in [6.45, 7) is 13.8. The summed E-state index contributed by atoms with van der Waals surface area (Å²) in [6, 6.07) is 5.73. The zero-order chi connectivity index (χ0) is 13.3. The van der Waals surface area contributed by atoms with E-state index in [1.54, 1.807) is 0 Å². The molecule has 0 radical (unpaired) electrons. The summed E-state index contributed by atoms with van der Waals surface area (Å²) in [5.74, 6) is 0. The molecule has 2 nitrogen and oxygen atoms in total. The summed E-state index contributed by atoms with van der Waals surface area (Å²) in [4.78, 5) is 0. The SMILES string of the molecule is CC1Nc2cc3c(cc2C1(C)C)NC(C)C3(C)C. The highest BCUT2D eigenvalue weighted by molar-refractivity contribution is 5.74. The Bertz CT molecular complexity index is 466. The molecule has 0 fully saturated rings. The lowest BCUT2D eigenvalue weighted by atomic mass is 9.78. The van der Waals surface area contributed by atoms with Crippen LogP contribution in [0.5, 0.6) is 0 Å². The lowest BCUT2D eigenvalue weighted by Gasteiger charge is -2.24. The molecule has 3 rings (SSSR count). The Morgan fingerprint density at radius 1 is 0.778 bits per heavy atom. The van der Waals surface area contributed by atoms with E-state index in [9.17, 15) is 0 Å². The summed E-state index contributed by atoms with van der Waals surface area (Å²) in [7, 11) is 0. The zero-order valence-electron chi connectivity index (χ0n) is 12.3. The minimum absolute atomic E-state index is 0.210. The summed E-state index contributed by atoms with van der Waals surface area (Å²) in [6.07, 6.45) is 0. The Morgan fingerprint density at radius 3 is 1.44 bits per heavy atom. The first-order chi connectivity index (χ1) is 8.24. The van der Waals surface area contributed by atoms with E-state index >= 15 is 0 Å². The van der Waals surface area contributed by atoms with E-state index in [0.717, 1.165) is 0 Å². The molecule has 0 spiro atoms. The van der Waals surface area contributed by atoms with Crippen LogP contribution >= 0.6 is 0 Å². The highest BCUT2D eigenvalue weighted by Gasteiger charge is 2.42. The lowest BCUT2D eigenvalue weighted by molar-refractivity contribution is 0.486. The second kappa shape index (κ2) is 3.23. The van der Waals surface area contributed by atoms with Gasteiger partial charge < -0.3 is 10.6 Å². The summed E-state index contributed by atoms with van der Waals surface area (Å²) >= 11 is 0. The molecule has 2 heteroatoms. The van der Waals surface area contributed by atoms with Crippen LogP contribution in [0.2, 0.25) is 0 Å². The number of hydrogen-bond donors (Lipinski definition) is 2. The molecule has 0 amide bonds. The van der Waals surface area contributed by atoms with Gasteiger partial charge in [0.2, 0.25) is 0 Å². The average molecular weight is 244 g/mol. The van der Waals surface area contributed by atoms with E-state index in [-0.39, 0.29) is 10.8 Å². The van der Waals surface area contributed by atoms with Gasteiger partial charge in [0.05, 0.1) is 0 Å². The molecule has 0 aromatic heterocycles. The number of anilines is 2. The predicted molar refractivity (Wildman–Crippen MR) is 78.7 cm³/mol. The van der Waals surface area contributed by atoms with E-state index in [0.29, 0.717) is 12.1 Å². The second-order valence-electron chi connectivity index (χ2n) is 7.12. The van der Waals surface area contributed by atoms with Crippen LogP contribution in [-0.4, -0.2) is 12.1 Å². The Kier molecular flexibility index (Phi) is 2.13. The van der Waals surface area contributed by atoms with Gasteiger partial charge >= 0.3 is 0 Å². The van der Waals surface area contributed by atoms with Crippen molar-refractivity contribution in [3.8, 4) is 0 Å². The fraction of sp³-hybridized carbons (Fsp3) is 0.625. The van der Waals surface area contributed by atoms with Crippen molar-refractivity contribution in [3.05, 3.63) is 23.3 Å². The van der Waals surface area contributed by atoms with Crippen LogP contribution in [0.25, 0.3) is 0 Å². The van der Waals surface area contributed by atoms with Gasteiger partial charge in [0.1, 0.15) is 0 Å². The fourth-order valence-corrected chi connectivity index (χ4v) is 3.20. The molecule has 0 aliphatic carbocycles. The standard InChI is InChI=1S/C16H24N2/c1-9-15(3,4)11-7-14-12(8-13(11)17-9)16(5,6)10(2)18-14/h7-10,17-18H,1-6H3. The molecule has 1 aromatic carbocycles. The van der Waals surface area contributed by atoms with Crippen LogP contribution in [0.4, 0.5) is 11.4 Å². The van der Waals surface area contributed by atoms with Gasteiger partial charge in [0.25, 0.3) is 0 Å². The van der Waals surface area contributed by atoms with Crippen molar-refractivity contribution >= 4 is 11.4 Å². The van der Waals surface area contributed by atoms with Crippen molar-refractivity contribution < 1.29 is 0 Å². The Hall–Kier alpha value is -1.18. The third-order valence-corrected chi connectivity index (χ3v) is 5.46. The second-order valence-corrected chi connectivity index (χ2v) is 7.12. The maximum absolute atomic E-state index is 3.64. The maximum Gasteiger partial charge on any atom is 0.0385 e. The molecule has 0 bridgehead atoms. The van der Waals surface area contributed by atoms with Crippen LogP contribution in [0.1, 0.15) is 52.7 Å². The number of rotatable bonds is 0. The van der Waals surface area contributed by atoms with Crippen LogP contribution in [-0.2, 0) is 10.8 Å². The smallest absolute Gasteiger partial charge is 0.0385 e. The highest BCUT2D eigenvalue weighted by atomic mass is 15.0. The van der Waals surface area contributed by atoms with Crippen LogP contribution in [0.15, 0.2) is 12.1 Å². The zero-order valence-corrected chi connectivity index (χ0v) is 12.3. The van der Waals surface area contributed by atoms with Crippen molar-refractivity contribution in [2.24, 2.45) is 0 Å². The van der Waals surface area contributed by atoms with Gasteiger partial charge in [-0.2, -0.15) is 0 Å². The molecular weight excluding hydrogens is 220 g/mol. The molecule has 1 aromatic rings. The first-order valence-corrected chi connectivity index (χ1v) is 6.96. The highest BCUT2D eigenvalue weighted by Crippen LogP contribution is 2.48. The minimum atomic E-state index is 0.210. The Morgan fingerprint density at radius 2 is 1.11 bits per heavy atom. The van der Waals surface area contributed by atoms with Gasteiger partial charge in [-0.1, -0.05) is 27.7 Å². The van der Waals surface area contributed by atoms with Gasteiger partial charge in [-0.3, -0.25) is 0 Å². The van der Waals surface area contributed by atoms with Gasteiger partial charge in [-0.05, 0) is 37.1 Å². The van der Waals surface area contributed by atoms with E-state index in [4.69, 9.17) is 0 Å². The Labute approximate surface area is 110 Å². The number of nitrogens with one attached hydrogen (secondary N) is 2. The molecular formula is C16H24N2. The quantitative estimate of drug-likeness (QED) is 0.724. The summed E-state index contributed by atoms with van der Waals surface area (Å²) in [5, 5.41) is 7.28. The number of benzene rings is 1. The summed E-state index contributed by atoms with van der Waals surface area (Å²) < 4.78 is 0. The predicted octanol–water partition coefficient (Wildman–Crippen LogP) is 3.87. The average Bonchev–Trinajstić information content (AvgIpc) is 2.62. The van der Waals surface area contributed by atoms with Crippen LogP contribution < -0.4 is 10.6 Å². The first kappa shape index (κ1) is 11.9. The van der Waals surface area contributed by atoms with E-state index in [1.165, 1.54) is 22.5 Å². The number of hydrogen-bond acceptors (Lipinski definition) is 2. The van der Waals surface area contributed by atoms with E-state index < -0.39 is 0 Å². The normalized spacial score (nSPS) is 30.3. The lowest BCUT2D eigenvalue weighted by Crippen LogP contribution is -2.30. The third-order valence-electron chi connectivity index (χ3n) is 5.46. The van der Waals surface area contributed by atoms with Crippen LogP contribution in [0.3, 0.4) is 0 Å². The van der Waals surface area contributed by atoms with Crippen molar-refractivity contribution in [2.45, 2.75) is 64.5 Å². The van der Waals surface area contributed by atoms with E-state index in [1.807, 2.05) is 0 Å². The molecule has 0 saturated heterocycles.